The van der Waals surface area contributed by atoms with Crippen LogP contribution in [0, 0.1) is 6.92 Å². The van der Waals surface area contributed by atoms with Gasteiger partial charge in [-0.05, 0) is 56.8 Å². The van der Waals surface area contributed by atoms with Crippen molar-refractivity contribution in [3.8, 4) is 0 Å². The van der Waals surface area contributed by atoms with Gasteiger partial charge in [0.25, 0.3) is 0 Å². The molecule has 3 rings (SSSR count). The van der Waals surface area contributed by atoms with Gasteiger partial charge in [0.05, 0.1) is 5.54 Å². The molecule has 1 aromatic rings. The Morgan fingerprint density at radius 3 is 2.38 bits per heavy atom. The second-order valence-corrected chi connectivity index (χ2v) is 6.81. The number of rotatable bonds is 4. The fourth-order valence-electron chi connectivity index (χ4n) is 4.20. The van der Waals surface area contributed by atoms with Crippen molar-refractivity contribution >= 4 is 5.78 Å². The summed E-state index contributed by atoms with van der Waals surface area (Å²) in [5.41, 5.74) is 2.33. The van der Waals surface area contributed by atoms with Gasteiger partial charge in [-0.25, -0.2) is 0 Å². The van der Waals surface area contributed by atoms with E-state index in [2.05, 4.69) is 36.1 Å². The van der Waals surface area contributed by atoms with Gasteiger partial charge in [-0.3, -0.25) is 9.69 Å². The number of piperidine rings is 1. The second kappa shape index (κ2) is 6.31. The highest BCUT2D eigenvalue weighted by molar-refractivity contribution is 5.90. The van der Waals surface area contributed by atoms with Crippen LogP contribution in [0.4, 0.5) is 0 Å². The van der Waals surface area contributed by atoms with Gasteiger partial charge in [0.2, 0.25) is 0 Å². The quantitative estimate of drug-likeness (QED) is 0.836. The molecule has 2 fully saturated rings. The molecule has 1 heterocycles. The van der Waals surface area contributed by atoms with E-state index < -0.39 is 0 Å². The largest absolute Gasteiger partial charge is 0.297 e. The summed E-state index contributed by atoms with van der Waals surface area (Å²) in [6.45, 7) is 4.36. The van der Waals surface area contributed by atoms with Crippen LogP contribution in [0.1, 0.15) is 56.1 Å². The van der Waals surface area contributed by atoms with Crippen molar-refractivity contribution in [2.45, 2.75) is 63.8 Å². The van der Waals surface area contributed by atoms with E-state index in [9.17, 15) is 4.79 Å². The smallest absolute Gasteiger partial charge is 0.157 e. The zero-order valence-corrected chi connectivity index (χ0v) is 13.2. The molecule has 0 unspecified atom stereocenters. The lowest BCUT2D eigenvalue weighted by Gasteiger charge is -2.42. The van der Waals surface area contributed by atoms with Crippen LogP contribution in [-0.4, -0.2) is 29.3 Å². The minimum atomic E-state index is -0.136. The van der Waals surface area contributed by atoms with Gasteiger partial charge >= 0.3 is 0 Å². The maximum atomic E-state index is 13.1. The molecule has 1 aliphatic heterocycles. The molecule has 1 aliphatic carbocycles. The first kappa shape index (κ1) is 14.8. The lowest BCUT2D eigenvalue weighted by Crippen LogP contribution is -2.55. The number of carbonyl (C=O) groups excluding carboxylic acids is 1. The number of likely N-dealkylation sites (tertiary alicyclic amines) is 1. The van der Waals surface area contributed by atoms with Crippen molar-refractivity contribution in [2.75, 3.05) is 13.1 Å². The number of Topliss-reactive ketones (excluding diaryl/α,β-unsaturated/α-hetero) is 1. The first-order valence-electron chi connectivity index (χ1n) is 8.55. The van der Waals surface area contributed by atoms with Gasteiger partial charge in [0, 0.05) is 6.42 Å². The highest BCUT2D eigenvalue weighted by atomic mass is 16.1. The normalized spacial score (nSPS) is 22.3. The summed E-state index contributed by atoms with van der Waals surface area (Å²) in [4.78, 5) is 15.7. The topological polar surface area (TPSA) is 20.3 Å². The second-order valence-electron chi connectivity index (χ2n) is 6.81. The molecule has 0 N–H and O–H groups in total. The fourth-order valence-corrected chi connectivity index (χ4v) is 4.20. The molecule has 1 saturated heterocycles. The van der Waals surface area contributed by atoms with Crippen molar-refractivity contribution in [1.82, 2.24) is 4.90 Å². The van der Waals surface area contributed by atoms with Gasteiger partial charge < -0.3 is 0 Å². The molecule has 0 atom stereocenters. The summed E-state index contributed by atoms with van der Waals surface area (Å²) < 4.78 is 0. The number of hydrogen-bond donors (Lipinski definition) is 0. The summed E-state index contributed by atoms with van der Waals surface area (Å²) >= 11 is 0. The van der Waals surface area contributed by atoms with Gasteiger partial charge in [-0.2, -0.15) is 0 Å². The Hall–Kier alpha value is -1.15. The Morgan fingerprint density at radius 1 is 1.05 bits per heavy atom. The molecule has 114 valence electrons. The predicted molar refractivity (Wildman–Crippen MR) is 86.5 cm³/mol. The maximum absolute atomic E-state index is 13.1. The summed E-state index contributed by atoms with van der Waals surface area (Å²) in [6.07, 6.45) is 9.07. The standard InChI is InChI=1S/C19H27NO/c1-16-9-3-4-10-17(16)15-18(21)19(11-5-6-12-19)20-13-7-2-8-14-20/h3-4,9-10H,2,5-8,11-15H2,1H3. The third kappa shape index (κ3) is 2.91. The molecular weight excluding hydrogens is 258 g/mol. The average molecular weight is 285 g/mol. The van der Waals surface area contributed by atoms with Crippen LogP contribution in [0.3, 0.4) is 0 Å². The molecule has 0 amide bonds. The van der Waals surface area contributed by atoms with Crippen molar-refractivity contribution in [1.29, 1.82) is 0 Å². The van der Waals surface area contributed by atoms with Gasteiger partial charge in [-0.1, -0.05) is 43.5 Å². The van der Waals surface area contributed by atoms with Crippen molar-refractivity contribution in [2.24, 2.45) is 0 Å². The molecule has 21 heavy (non-hydrogen) atoms. The maximum Gasteiger partial charge on any atom is 0.157 e. The molecular formula is C19H27NO. The third-order valence-electron chi connectivity index (χ3n) is 5.52. The Morgan fingerprint density at radius 2 is 1.71 bits per heavy atom. The number of hydrogen-bond acceptors (Lipinski definition) is 2. The van der Waals surface area contributed by atoms with E-state index in [1.54, 1.807) is 0 Å². The highest BCUT2D eigenvalue weighted by Gasteiger charge is 2.45. The summed E-state index contributed by atoms with van der Waals surface area (Å²) in [7, 11) is 0. The van der Waals surface area contributed by atoms with Crippen LogP contribution in [0.5, 0.6) is 0 Å². The number of aryl methyl sites for hydroxylation is 1. The molecule has 0 radical (unpaired) electrons. The third-order valence-corrected chi connectivity index (χ3v) is 5.52. The van der Waals surface area contributed by atoms with E-state index in [1.165, 1.54) is 43.2 Å². The molecule has 2 nitrogen and oxygen atoms in total. The number of carbonyl (C=O) groups is 1. The van der Waals surface area contributed by atoms with E-state index in [0.29, 0.717) is 12.2 Å². The minimum absolute atomic E-state index is 0.136. The van der Waals surface area contributed by atoms with Gasteiger partial charge in [0.15, 0.2) is 5.78 Å². The van der Waals surface area contributed by atoms with E-state index in [-0.39, 0.29) is 5.54 Å². The molecule has 0 aromatic heterocycles. The van der Waals surface area contributed by atoms with Crippen LogP contribution in [0.25, 0.3) is 0 Å². The first-order chi connectivity index (χ1) is 10.2. The molecule has 2 aliphatic rings. The van der Waals surface area contributed by atoms with E-state index >= 15 is 0 Å². The zero-order chi connectivity index (χ0) is 14.7. The highest BCUT2D eigenvalue weighted by Crippen LogP contribution is 2.38. The summed E-state index contributed by atoms with van der Waals surface area (Å²) in [5.74, 6) is 0.469. The zero-order valence-electron chi connectivity index (χ0n) is 13.2. The molecule has 1 aromatic carbocycles. The van der Waals surface area contributed by atoms with Crippen molar-refractivity contribution < 1.29 is 4.79 Å². The molecule has 0 bridgehead atoms. The number of benzene rings is 1. The summed E-state index contributed by atoms with van der Waals surface area (Å²) in [5, 5.41) is 0. The van der Waals surface area contributed by atoms with Crippen LogP contribution >= 0.6 is 0 Å². The van der Waals surface area contributed by atoms with E-state index in [4.69, 9.17) is 0 Å². The Balaban J connectivity index is 1.80. The van der Waals surface area contributed by atoms with Crippen molar-refractivity contribution in [3.05, 3.63) is 35.4 Å². The Labute approximate surface area is 128 Å². The van der Waals surface area contributed by atoms with Crippen molar-refractivity contribution in [3.63, 3.8) is 0 Å². The SMILES string of the molecule is Cc1ccccc1CC(=O)C1(N2CCCCC2)CCCC1. The minimum Gasteiger partial charge on any atom is -0.297 e. The van der Waals surface area contributed by atoms with E-state index in [1.807, 2.05) is 0 Å². The summed E-state index contributed by atoms with van der Waals surface area (Å²) in [6, 6.07) is 8.34. The number of nitrogens with zero attached hydrogens (tertiary/aromatic N) is 1. The lowest BCUT2D eigenvalue weighted by molar-refractivity contribution is -0.131. The Kier molecular flexibility index (Phi) is 4.44. The van der Waals surface area contributed by atoms with Gasteiger partial charge in [0.1, 0.15) is 0 Å². The monoisotopic (exact) mass is 285 g/mol. The van der Waals surface area contributed by atoms with Crippen LogP contribution in [0.2, 0.25) is 0 Å². The van der Waals surface area contributed by atoms with Crippen LogP contribution < -0.4 is 0 Å². The molecule has 2 heteroatoms. The van der Waals surface area contributed by atoms with E-state index in [0.717, 1.165) is 25.9 Å². The molecule has 1 saturated carbocycles. The number of ketones is 1. The fraction of sp³-hybridized carbons (Fsp3) is 0.632. The van der Waals surface area contributed by atoms with Crippen LogP contribution in [0.15, 0.2) is 24.3 Å². The average Bonchev–Trinajstić information content (AvgIpc) is 3.01. The van der Waals surface area contributed by atoms with Crippen LogP contribution in [-0.2, 0) is 11.2 Å². The Bertz CT molecular complexity index is 496. The predicted octanol–water partition coefficient (Wildman–Crippen LogP) is 3.91. The van der Waals surface area contributed by atoms with Gasteiger partial charge in [-0.15, -0.1) is 0 Å². The lowest BCUT2D eigenvalue weighted by atomic mass is 9.84. The first-order valence-corrected chi connectivity index (χ1v) is 8.55. The molecule has 0 spiro atoms.